The summed E-state index contributed by atoms with van der Waals surface area (Å²) in [5.74, 6) is -0.917. The Balaban J connectivity index is 0.000000252. The Hall–Kier alpha value is -5.42. The van der Waals surface area contributed by atoms with Gasteiger partial charge in [-0.1, -0.05) is 45.0 Å². The van der Waals surface area contributed by atoms with Crippen LogP contribution in [0.5, 0.6) is 0 Å². The Kier molecular flexibility index (Phi) is 13.9. The SMILES string of the molecule is CC(C)(C)C(Cc1cc(-c2cccc(F)c2)n(S(=O)(=O)c2cccnc2)c1)NC(=O)O.CNCc1cc(-c2cccc(F)c2)n(S(=O)(=O)c2cccnc2)c1.Cl. The Labute approximate surface area is 330 Å². The third-order valence-electron chi connectivity index (χ3n) is 8.47. The fourth-order valence-corrected chi connectivity index (χ4v) is 8.43. The van der Waals surface area contributed by atoms with Gasteiger partial charge in [-0.15, -0.1) is 12.4 Å². The summed E-state index contributed by atoms with van der Waals surface area (Å²) in [6, 6.07) is 20.4. The number of nitrogens with one attached hydrogen (secondary N) is 2. The van der Waals surface area contributed by atoms with E-state index in [-0.39, 0.29) is 34.3 Å². The first kappa shape index (κ1) is 43.3. The molecule has 296 valence electrons. The average Bonchev–Trinajstić information content (AvgIpc) is 3.78. The van der Waals surface area contributed by atoms with E-state index in [1.54, 1.807) is 49.6 Å². The predicted molar refractivity (Wildman–Crippen MR) is 211 cm³/mol. The number of nitrogens with zero attached hydrogens (tertiary/aromatic N) is 4. The van der Waals surface area contributed by atoms with Crippen LogP contribution < -0.4 is 10.6 Å². The predicted octanol–water partition coefficient (Wildman–Crippen LogP) is 7.22. The fraction of sp³-hybridized carbons (Fsp3) is 0.205. The Bertz CT molecular complexity index is 2490. The first-order valence-electron chi connectivity index (χ1n) is 16.9. The number of carboxylic acid groups (broad SMARTS) is 1. The van der Waals surface area contributed by atoms with Gasteiger partial charge in [0.1, 0.15) is 21.4 Å². The minimum atomic E-state index is -4.01. The number of hydrogen-bond acceptors (Lipinski definition) is 8. The first-order chi connectivity index (χ1) is 26.0. The Morgan fingerprint density at radius 2 is 1.21 bits per heavy atom. The van der Waals surface area contributed by atoms with Gasteiger partial charge in [-0.05, 0) is 90.7 Å². The molecule has 1 atom stereocenters. The van der Waals surface area contributed by atoms with Crippen molar-refractivity contribution < 1.29 is 35.5 Å². The molecule has 1 amide bonds. The van der Waals surface area contributed by atoms with Gasteiger partial charge < -0.3 is 15.7 Å². The van der Waals surface area contributed by atoms with E-state index in [4.69, 9.17) is 0 Å². The first-order valence-corrected chi connectivity index (χ1v) is 19.8. The molecule has 4 aromatic heterocycles. The van der Waals surface area contributed by atoms with Gasteiger partial charge in [-0.2, -0.15) is 0 Å². The molecule has 6 rings (SSSR count). The molecule has 56 heavy (non-hydrogen) atoms. The van der Waals surface area contributed by atoms with Crippen molar-refractivity contribution in [2.75, 3.05) is 7.05 Å². The van der Waals surface area contributed by atoms with Crippen molar-refractivity contribution in [3.05, 3.63) is 145 Å². The second-order valence-corrected chi connectivity index (χ2v) is 17.2. The van der Waals surface area contributed by atoms with Crippen LogP contribution >= 0.6 is 12.4 Å². The van der Waals surface area contributed by atoms with Crippen molar-refractivity contribution in [2.24, 2.45) is 5.41 Å². The zero-order valence-electron chi connectivity index (χ0n) is 30.8. The maximum absolute atomic E-state index is 13.9. The third-order valence-corrected chi connectivity index (χ3v) is 11.8. The van der Waals surface area contributed by atoms with E-state index in [0.29, 0.717) is 28.9 Å². The number of amides is 1. The molecule has 12 nitrogen and oxygen atoms in total. The Morgan fingerprint density at radius 3 is 1.61 bits per heavy atom. The van der Waals surface area contributed by atoms with Crippen LogP contribution in [-0.2, 0) is 33.0 Å². The summed E-state index contributed by atoms with van der Waals surface area (Å²) in [4.78, 5) is 19.1. The second kappa shape index (κ2) is 18.0. The minimum absolute atomic E-state index is 0. The lowest BCUT2D eigenvalue weighted by Crippen LogP contribution is -2.44. The number of carbonyl (C=O) groups is 1. The van der Waals surface area contributed by atoms with Crippen molar-refractivity contribution in [3.8, 4) is 22.5 Å². The number of aromatic nitrogens is 4. The number of halogens is 3. The highest BCUT2D eigenvalue weighted by Crippen LogP contribution is 2.31. The van der Waals surface area contributed by atoms with E-state index < -0.39 is 49.2 Å². The minimum Gasteiger partial charge on any atom is -0.465 e. The monoisotopic (exact) mass is 826 g/mol. The smallest absolute Gasteiger partial charge is 0.404 e. The highest BCUT2D eigenvalue weighted by atomic mass is 35.5. The third kappa shape index (κ3) is 10.3. The normalized spacial score (nSPS) is 12.2. The maximum atomic E-state index is 13.9. The van der Waals surface area contributed by atoms with Crippen LogP contribution in [0.15, 0.2) is 132 Å². The van der Waals surface area contributed by atoms with Crippen LogP contribution in [0.25, 0.3) is 22.5 Å². The molecule has 0 spiro atoms. The van der Waals surface area contributed by atoms with Gasteiger partial charge in [-0.3, -0.25) is 9.97 Å². The van der Waals surface area contributed by atoms with Crippen molar-refractivity contribution in [1.29, 1.82) is 0 Å². The maximum Gasteiger partial charge on any atom is 0.404 e. The van der Waals surface area contributed by atoms with Gasteiger partial charge in [0.05, 0.1) is 11.4 Å². The van der Waals surface area contributed by atoms with Crippen LogP contribution in [0.4, 0.5) is 13.6 Å². The topological polar surface area (TPSA) is 165 Å². The summed E-state index contributed by atoms with van der Waals surface area (Å²) < 4.78 is 82.2. The quantitative estimate of drug-likeness (QED) is 0.122. The summed E-state index contributed by atoms with van der Waals surface area (Å²) in [6.07, 6.45) is 7.61. The fourth-order valence-electron chi connectivity index (χ4n) is 5.71. The highest BCUT2D eigenvalue weighted by Gasteiger charge is 2.29. The average molecular weight is 827 g/mol. The van der Waals surface area contributed by atoms with Gasteiger partial charge in [0.2, 0.25) is 0 Å². The molecular weight excluding hydrogens is 786 g/mol. The summed E-state index contributed by atoms with van der Waals surface area (Å²) in [7, 11) is -6.06. The molecule has 6 aromatic rings. The van der Waals surface area contributed by atoms with Crippen molar-refractivity contribution in [3.63, 3.8) is 0 Å². The van der Waals surface area contributed by atoms with Crippen LogP contribution in [0.3, 0.4) is 0 Å². The van der Waals surface area contributed by atoms with E-state index in [1.165, 1.54) is 83.5 Å². The van der Waals surface area contributed by atoms with Gasteiger partial charge in [0, 0.05) is 60.9 Å². The standard InChI is InChI=1S/C22H24FN3O4S.C17H16FN3O2S.ClH/c1-22(2,3)20(25-21(27)28)11-15-10-19(16-6-4-7-17(23)12-16)26(14-15)31(29,30)18-8-5-9-24-13-18;1-19-10-13-8-17(14-4-2-5-15(18)9-14)21(12-13)24(22,23)16-6-3-7-20-11-16;/h4-10,12-14,20,25H,11H2,1-3H3,(H,27,28);2-9,11-12,19H,10H2,1H3;1H. The zero-order valence-corrected chi connectivity index (χ0v) is 33.2. The number of benzene rings is 2. The lowest BCUT2D eigenvalue weighted by Gasteiger charge is -2.30. The lowest BCUT2D eigenvalue weighted by atomic mass is 9.83. The molecular formula is C39H41ClF2N6O6S2. The molecule has 1 unspecified atom stereocenters. The van der Waals surface area contributed by atoms with Crippen molar-refractivity contribution in [2.45, 2.75) is 49.6 Å². The Morgan fingerprint density at radius 1 is 0.750 bits per heavy atom. The zero-order chi connectivity index (χ0) is 40.0. The van der Waals surface area contributed by atoms with Crippen LogP contribution in [0.2, 0.25) is 0 Å². The van der Waals surface area contributed by atoms with Crippen LogP contribution in [0.1, 0.15) is 31.9 Å². The number of rotatable bonds is 11. The van der Waals surface area contributed by atoms with E-state index >= 15 is 0 Å². The highest BCUT2D eigenvalue weighted by molar-refractivity contribution is 7.90. The molecule has 0 saturated carbocycles. The van der Waals surface area contributed by atoms with E-state index in [0.717, 1.165) is 9.54 Å². The summed E-state index contributed by atoms with van der Waals surface area (Å²) in [6.45, 7) is 6.18. The summed E-state index contributed by atoms with van der Waals surface area (Å²) in [5, 5.41) is 14.7. The molecule has 3 N–H and O–H groups in total. The van der Waals surface area contributed by atoms with Gasteiger partial charge in [-0.25, -0.2) is 38.4 Å². The molecule has 0 fully saturated rings. The summed E-state index contributed by atoms with van der Waals surface area (Å²) in [5.41, 5.74) is 2.53. The lowest BCUT2D eigenvalue weighted by molar-refractivity contribution is 0.174. The molecule has 0 aliphatic carbocycles. The number of hydrogen-bond donors (Lipinski definition) is 3. The number of pyridine rings is 2. The van der Waals surface area contributed by atoms with Gasteiger partial charge >= 0.3 is 6.09 Å². The second-order valence-electron chi connectivity index (χ2n) is 13.6. The van der Waals surface area contributed by atoms with Crippen molar-refractivity contribution >= 4 is 38.5 Å². The molecule has 0 saturated heterocycles. The van der Waals surface area contributed by atoms with Crippen molar-refractivity contribution in [1.82, 2.24) is 28.5 Å². The molecule has 0 aliphatic heterocycles. The van der Waals surface area contributed by atoms with Crippen LogP contribution in [-0.4, -0.2) is 59.0 Å². The molecule has 0 radical (unpaired) electrons. The largest absolute Gasteiger partial charge is 0.465 e. The molecule has 4 heterocycles. The van der Waals surface area contributed by atoms with Gasteiger partial charge in [0.15, 0.2) is 0 Å². The molecule has 0 bridgehead atoms. The van der Waals surface area contributed by atoms with E-state index in [9.17, 15) is 35.5 Å². The molecule has 0 aliphatic rings. The molecule has 17 heteroatoms. The van der Waals surface area contributed by atoms with E-state index in [1.807, 2.05) is 20.8 Å². The molecule has 2 aromatic carbocycles. The van der Waals surface area contributed by atoms with E-state index in [2.05, 4.69) is 20.6 Å². The van der Waals surface area contributed by atoms with Crippen LogP contribution in [0, 0.1) is 17.0 Å². The summed E-state index contributed by atoms with van der Waals surface area (Å²) >= 11 is 0. The van der Waals surface area contributed by atoms with Gasteiger partial charge in [0.25, 0.3) is 20.0 Å².